The Morgan fingerprint density at radius 2 is 0.880 bits per heavy atom. The Morgan fingerprint density at radius 3 is 1.20 bits per heavy atom. The van der Waals surface area contributed by atoms with Crippen LogP contribution in [0, 0.1) is 0 Å². The third-order valence-corrected chi connectivity index (χ3v) is 8.72. The summed E-state index contributed by atoms with van der Waals surface area (Å²) in [6.45, 7) is 0. The van der Waals surface area contributed by atoms with Gasteiger partial charge in [0.15, 0.2) is 0 Å². The molecule has 0 spiro atoms. The van der Waals surface area contributed by atoms with E-state index in [-0.39, 0.29) is 20.1 Å². The minimum Gasteiger partial charge on any atom is -0.193 e. The van der Waals surface area contributed by atoms with Gasteiger partial charge in [-0.15, -0.1) is 3.63 Å². The molecule has 0 bridgehead atoms. The van der Waals surface area contributed by atoms with E-state index in [2.05, 4.69) is 3.63 Å². The monoisotopic (exact) mass is 502 g/mol. The molecular weight excluding hydrogens is 501 g/mol. The van der Waals surface area contributed by atoms with Gasteiger partial charge in [-0.25, -0.2) is 0 Å². The van der Waals surface area contributed by atoms with Crippen LogP contribution in [-0.4, -0.2) is 16.8 Å². The van der Waals surface area contributed by atoms with Crippen LogP contribution in [0.1, 0.15) is 0 Å². The van der Waals surface area contributed by atoms with E-state index in [9.17, 15) is 16.8 Å². The van der Waals surface area contributed by atoms with Crippen LogP contribution in [-0.2, 0) is 23.9 Å². The molecule has 0 atom stereocenters. The predicted molar refractivity (Wildman–Crippen MR) is 98.4 cm³/mol. The van der Waals surface area contributed by atoms with Gasteiger partial charge in [-0.2, -0.15) is 16.8 Å². The molecule has 0 unspecified atom stereocenters. The number of benzene rings is 2. The first kappa shape index (κ1) is 21.3. The van der Waals surface area contributed by atoms with Crippen molar-refractivity contribution in [2.24, 2.45) is 0 Å². The van der Waals surface area contributed by atoms with Crippen molar-refractivity contribution in [2.75, 3.05) is 0 Å². The van der Waals surface area contributed by atoms with Gasteiger partial charge in [0.1, 0.15) is 9.79 Å². The average Bonchev–Trinajstić information content (AvgIpc) is 2.48. The maximum absolute atomic E-state index is 12.3. The van der Waals surface area contributed by atoms with Gasteiger partial charge in [-0.05, 0) is 24.3 Å². The summed E-state index contributed by atoms with van der Waals surface area (Å²) in [5.41, 5.74) is 0. The molecule has 0 fully saturated rings. The largest absolute Gasteiger partial charge is 0.313 e. The highest BCUT2D eigenvalue weighted by Gasteiger charge is 2.32. The molecule has 2 aromatic carbocycles. The van der Waals surface area contributed by atoms with E-state index >= 15 is 0 Å². The Morgan fingerprint density at radius 1 is 0.560 bits per heavy atom. The molecule has 0 heterocycles. The third-order valence-electron chi connectivity index (χ3n) is 2.72. The maximum Gasteiger partial charge on any atom is 0.313 e. The molecule has 5 nitrogen and oxygen atoms in total. The third kappa shape index (κ3) is 4.31. The summed E-state index contributed by atoms with van der Waals surface area (Å²) in [6, 6.07) is 4.12. The fourth-order valence-corrected chi connectivity index (χ4v) is 5.99. The highest BCUT2D eigenvalue weighted by Crippen LogP contribution is 2.39. The summed E-state index contributed by atoms with van der Waals surface area (Å²) in [7, 11) is -9.75. The van der Waals surface area contributed by atoms with Gasteiger partial charge in [-0.1, -0.05) is 69.6 Å². The summed E-state index contributed by atoms with van der Waals surface area (Å²) in [6.07, 6.45) is 0. The normalized spacial score (nSPS) is 12.4. The van der Waals surface area contributed by atoms with Crippen molar-refractivity contribution in [3.63, 3.8) is 0 Å². The molecule has 2 rings (SSSR count). The first-order valence-electron chi connectivity index (χ1n) is 5.86. The zero-order chi connectivity index (χ0) is 19.2. The van der Waals surface area contributed by atoms with Crippen LogP contribution in [0.3, 0.4) is 0 Å². The zero-order valence-corrected chi connectivity index (χ0v) is 17.6. The molecule has 0 aliphatic rings. The summed E-state index contributed by atoms with van der Waals surface area (Å²) in [5.74, 6) is 0. The first-order chi connectivity index (χ1) is 11.4. The van der Waals surface area contributed by atoms with Crippen LogP contribution in [0.25, 0.3) is 0 Å². The molecule has 0 aliphatic heterocycles. The zero-order valence-electron chi connectivity index (χ0n) is 11.4. The van der Waals surface area contributed by atoms with E-state index in [1.54, 1.807) is 0 Å². The summed E-state index contributed by atoms with van der Waals surface area (Å²) in [5, 5.41) is -1.60. The first-order valence-corrected chi connectivity index (χ1v) is 10.9. The number of rotatable bonds is 4. The smallest absolute Gasteiger partial charge is 0.193 e. The quantitative estimate of drug-likeness (QED) is 0.499. The number of hydrogen-bond acceptors (Lipinski definition) is 5. The van der Waals surface area contributed by atoms with Gasteiger partial charge in [0.2, 0.25) is 0 Å². The molecule has 25 heavy (non-hydrogen) atoms. The van der Waals surface area contributed by atoms with Gasteiger partial charge >= 0.3 is 20.2 Å². The van der Waals surface area contributed by atoms with E-state index < -0.39 is 40.1 Å². The highest BCUT2D eigenvalue weighted by molar-refractivity contribution is 8.00. The lowest BCUT2D eigenvalue weighted by Crippen LogP contribution is -2.15. The van der Waals surface area contributed by atoms with Crippen molar-refractivity contribution in [2.45, 2.75) is 9.79 Å². The van der Waals surface area contributed by atoms with Crippen LogP contribution < -0.4 is 0 Å². The van der Waals surface area contributed by atoms with Crippen LogP contribution in [0.15, 0.2) is 34.1 Å². The molecule has 0 aliphatic carbocycles. The van der Waals surface area contributed by atoms with Crippen molar-refractivity contribution in [1.82, 2.24) is 0 Å². The van der Waals surface area contributed by atoms with E-state index in [1.165, 1.54) is 0 Å². The Kier molecular flexibility index (Phi) is 6.47. The van der Waals surface area contributed by atoms with E-state index in [4.69, 9.17) is 69.6 Å². The second-order valence-corrected chi connectivity index (χ2v) is 9.89. The lowest BCUT2D eigenvalue weighted by atomic mass is 10.4. The van der Waals surface area contributed by atoms with E-state index in [1.807, 2.05) is 0 Å². The van der Waals surface area contributed by atoms with Crippen molar-refractivity contribution < 1.29 is 20.5 Å². The Balaban J connectivity index is 2.55. The molecule has 0 radical (unpaired) electrons. The standard InChI is InChI=1S/C12H4Cl6O5S2/c13-5-1-3-7(11(17)9(5)15)24(19,20)23-25(21,22)8-4-2-6(14)10(16)12(8)18/h1-4H. The van der Waals surface area contributed by atoms with E-state index in [0.29, 0.717) is 0 Å². The number of hydrogen-bond donors (Lipinski definition) is 0. The van der Waals surface area contributed by atoms with Gasteiger partial charge in [0.25, 0.3) is 0 Å². The van der Waals surface area contributed by atoms with Gasteiger partial charge < -0.3 is 0 Å². The van der Waals surface area contributed by atoms with Crippen LogP contribution in [0.2, 0.25) is 30.1 Å². The fourth-order valence-electron chi connectivity index (χ4n) is 1.59. The molecule has 2 aromatic rings. The predicted octanol–water partition coefficient (Wildman–Crippen LogP) is 5.70. The fraction of sp³-hybridized carbons (Fsp3) is 0. The topological polar surface area (TPSA) is 77.5 Å². The van der Waals surface area contributed by atoms with Crippen LogP contribution in [0.5, 0.6) is 0 Å². The second kappa shape index (κ2) is 7.58. The van der Waals surface area contributed by atoms with Gasteiger partial charge in [0.05, 0.1) is 30.1 Å². The molecule has 0 N–H and O–H groups in total. The molecule has 0 amide bonds. The molecular formula is C12H4Cl6O5S2. The van der Waals surface area contributed by atoms with Crippen molar-refractivity contribution in [3.8, 4) is 0 Å². The molecule has 0 aromatic heterocycles. The molecule has 13 heteroatoms. The Labute approximate surface area is 173 Å². The molecule has 136 valence electrons. The summed E-state index contributed by atoms with van der Waals surface area (Å²) in [4.78, 5) is -1.38. The van der Waals surface area contributed by atoms with Gasteiger partial charge in [0, 0.05) is 0 Å². The van der Waals surface area contributed by atoms with E-state index in [0.717, 1.165) is 24.3 Å². The lowest BCUT2D eigenvalue weighted by molar-refractivity contribution is 0.462. The minimum absolute atomic E-state index is 0.0269. The maximum atomic E-state index is 12.3. The minimum atomic E-state index is -4.87. The summed E-state index contributed by atoms with van der Waals surface area (Å²) < 4.78 is 53.4. The Hall–Kier alpha value is 0.0400. The molecule has 0 saturated carbocycles. The van der Waals surface area contributed by atoms with Crippen molar-refractivity contribution in [3.05, 3.63) is 54.4 Å². The van der Waals surface area contributed by atoms with Gasteiger partial charge in [-0.3, -0.25) is 0 Å². The number of halogens is 6. The average molecular weight is 505 g/mol. The van der Waals surface area contributed by atoms with Crippen LogP contribution >= 0.6 is 69.6 Å². The SMILES string of the molecule is O=S(=O)(OS(=O)(=O)c1ccc(Cl)c(Cl)c1Cl)c1ccc(Cl)c(Cl)c1Cl. The summed E-state index contributed by atoms with van der Waals surface area (Å²) >= 11 is 34.5. The lowest BCUT2D eigenvalue weighted by Gasteiger charge is -2.11. The highest BCUT2D eigenvalue weighted by atomic mass is 35.5. The van der Waals surface area contributed by atoms with Crippen LogP contribution in [0.4, 0.5) is 0 Å². The van der Waals surface area contributed by atoms with Crippen molar-refractivity contribution >= 4 is 89.8 Å². The Bertz CT molecular complexity index is 980. The van der Waals surface area contributed by atoms with Crippen molar-refractivity contribution in [1.29, 1.82) is 0 Å². The molecule has 0 saturated heterocycles. The second-order valence-electron chi connectivity index (χ2n) is 4.32.